The molecule has 2 heterocycles. The fourth-order valence-corrected chi connectivity index (χ4v) is 3.60. The van der Waals surface area contributed by atoms with Crippen molar-refractivity contribution in [1.29, 1.82) is 0 Å². The minimum atomic E-state index is 0.499. The molecule has 1 N–H and O–H groups in total. The van der Waals surface area contributed by atoms with Crippen molar-refractivity contribution in [2.24, 2.45) is 0 Å². The summed E-state index contributed by atoms with van der Waals surface area (Å²) in [4.78, 5) is 1.46. The molecule has 0 bridgehead atoms. The van der Waals surface area contributed by atoms with Crippen LogP contribution in [0.3, 0.4) is 0 Å². The summed E-state index contributed by atoms with van der Waals surface area (Å²) in [6.45, 7) is 6.53. The van der Waals surface area contributed by atoms with Crippen LogP contribution < -0.4 is 5.32 Å². The van der Waals surface area contributed by atoms with Gasteiger partial charge in [-0.05, 0) is 69.0 Å². The van der Waals surface area contributed by atoms with Crippen LogP contribution >= 0.6 is 11.3 Å². The van der Waals surface area contributed by atoms with Crippen molar-refractivity contribution in [3.63, 3.8) is 0 Å². The molecule has 0 amide bonds. The summed E-state index contributed by atoms with van der Waals surface area (Å²) in [6, 6.07) is 2.80. The Balaban J connectivity index is 1.88. The van der Waals surface area contributed by atoms with E-state index >= 15 is 0 Å². The fourth-order valence-electron chi connectivity index (χ4n) is 2.83. The van der Waals surface area contributed by atoms with Gasteiger partial charge in [0.25, 0.3) is 0 Å². The Kier molecular flexibility index (Phi) is 6.35. The number of nitrogens with one attached hydrogen (secondary N) is 1. The van der Waals surface area contributed by atoms with Crippen LogP contribution in [0, 0.1) is 6.92 Å². The maximum atomic E-state index is 5.86. The average molecular weight is 281 g/mol. The topological polar surface area (TPSA) is 21.3 Å². The van der Waals surface area contributed by atoms with Gasteiger partial charge in [0.1, 0.15) is 0 Å². The van der Waals surface area contributed by atoms with Crippen LogP contribution in [0.5, 0.6) is 0 Å². The Bertz CT molecular complexity index is 357. The van der Waals surface area contributed by atoms with Crippen molar-refractivity contribution < 1.29 is 4.74 Å². The lowest BCUT2D eigenvalue weighted by Crippen LogP contribution is -2.25. The van der Waals surface area contributed by atoms with Crippen molar-refractivity contribution in [3.8, 4) is 0 Å². The molecule has 0 spiro atoms. The second-order valence-corrected chi connectivity index (χ2v) is 6.63. The molecule has 1 aliphatic rings. The van der Waals surface area contributed by atoms with Gasteiger partial charge < -0.3 is 10.1 Å². The molecule has 0 radical (unpaired) electrons. The second kappa shape index (κ2) is 8.03. The van der Waals surface area contributed by atoms with Gasteiger partial charge in [0.15, 0.2) is 0 Å². The fraction of sp³-hybridized carbons (Fsp3) is 0.750. The molecule has 1 fully saturated rings. The van der Waals surface area contributed by atoms with E-state index in [1.165, 1.54) is 49.0 Å². The van der Waals surface area contributed by atoms with E-state index in [1.54, 1.807) is 0 Å². The van der Waals surface area contributed by atoms with Gasteiger partial charge >= 0.3 is 0 Å². The quantitative estimate of drug-likeness (QED) is 0.797. The van der Waals surface area contributed by atoms with Gasteiger partial charge in [0.05, 0.1) is 6.10 Å². The molecule has 0 aliphatic carbocycles. The van der Waals surface area contributed by atoms with Crippen LogP contribution in [0.4, 0.5) is 0 Å². The molecule has 1 saturated heterocycles. The third kappa shape index (κ3) is 4.59. The first-order chi connectivity index (χ1) is 9.31. The monoisotopic (exact) mass is 281 g/mol. The van der Waals surface area contributed by atoms with Crippen molar-refractivity contribution >= 4 is 11.3 Å². The Morgan fingerprint density at radius 2 is 2.37 bits per heavy atom. The predicted octanol–water partition coefficient (Wildman–Crippen LogP) is 4.45. The molecule has 2 unspecified atom stereocenters. The summed E-state index contributed by atoms with van der Waals surface area (Å²) >= 11 is 1.86. The second-order valence-electron chi connectivity index (χ2n) is 5.50. The van der Waals surface area contributed by atoms with Gasteiger partial charge in [-0.15, -0.1) is 11.3 Å². The van der Waals surface area contributed by atoms with Crippen molar-refractivity contribution in [3.05, 3.63) is 21.9 Å². The highest BCUT2D eigenvalue weighted by atomic mass is 32.1. The first kappa shape index (κ1) is 15.0. The molecule has 108 valence electrons. The predicted molar refractivity (Wildman–Crippen MR) is 82.9 cm³/mol. The number of ether oxygens (including phenoxy) is 1. The Morgan fingerprint density at radius 1 is 1.47 bits per heavy atom. The zero-order valence-corrected chi connectivity index (χ0v) is 13.1. The van der Waals surface area contributed by atoms with E-state index < -0.39 is 0 Å². The first-order valence-electron chi connectivity index (χ1n) is 7.70. The summed E-state index contributed by atoms with van der Waals surface area (Å²) < 4.78 is 5.86. The van der Waals surface area contributed by atoms with E-state index in [9.17, 15) is 0 Å². The van der Waals surface area contributed by atoms with Crippen LogP contribution in [0.1, 0.15) is 61.9 Å². The summed E-state index contributed by atoms with van der Waals surface area (Å²) in [5.74, 6) is 0. The molecule has 2 nitrogen and oxygen atoms in total. The molecular formula is C16H27NOS. The summed E-state index contributed by atoms with van der Waals surface area (Å²) in [6.07, 6.45) is 7.92. The lowest BCUT2D eigenvalue weighted by Gasteiger charge is -2.25. The molecule has 0 aromatic carbocycles. The highest BCUT2D eigenvalue weighted by Crippen LogP contribution is 2.28. The van der Waals surface area contributed by atoms with Crippen LogP contribution in [0.15, 0.2) is 11.4 Å². The molecule has 2 rings (SSSR count). The van der Waals surface area contributed by atoms with Gasteiger partial charge in [0.2, 0.25) is 0 Å². The number of hydrogen-bond donors (Lipinski definition) is 1. The minimum absolute atomic E-state index is 0.499. The van der Waals surface area contributed by atoms with Crippen LogP contribution in [0.2, 0.25) is 0 Å². The van der Waals surface area contributed by atoms with Crippen LogP contribution in [-0.4, -0.2) is 19.3 Å². The Labute approximate surface area is 121 Å². The highest BCUT2D eigenvalue weighted by Gasteiger charge is 2.18. The summed E-state index contributed by atoms with van der Waals surface area (Å²) in [5, 5.41) is 5.91. The van der Waals surface area contributed by atoms with Crippen LogP contribution in [0.25, 0.3) is 0 Å². The van der Waals surface area contributed by atoms with E-state index in [-0.39, 0.29) is 0 Å². The van der Waals surface area contributed by atoms with E-state index in [1.807, 2.05) is 11.3 Å². The maximum absolute atomic E-state index is 5.86. The van der Waals surface area contributed by atoms with Gasteiger partial charge in [0, 0.05) is 17.5 Å². The van der Waals surface area contributed by atoms with Gasteiger partial charge in [-0.2, -0.15) is 0 Å². The molecule has 0 saturated carbocycles. The van der Waals surface area contributed by atoms with Gasteiger partial charge in [-0.1, -0.05) is 6.92 Å². The molecular weight excluding hydrogens is 254 g/mol. The van der Waals surface area contributed by atoms with Crippen LogP contribution in [-0.2, 0) is 4.74 Å². The van der Waals surface area contributed by atoms with Gasteiger partial charge in [-0.3, -0.25) is 0 Å². The molecule has 2 atom stereocenters. The lowest BCUT2D eigenvalue weighted by molar-refractivity contribution is 0.00854. The zero-order valence-electron chi connectivity index (χ0n) is 12.3. The van der Waals surface area contributed by atoms with E-state index in [2.05, 4.69) is 30.6 Å². The smallest absolute Gasteiger partial charge is 0.0575 e. The number of rotatable bonds is 7. The molecule has 3 heteroatoms. The minimum Gasteiger partial charge on any atom is -0.378 e. The lowest BCUT2D eigenvalue weighted by atomic mass is 9.97. The molecule has 1 aromatic rings. The third-order valence-electron chi connectivity index (χ3n) is 3.97. The average Bonchev–Trinajstić information content (AvgIpc) is 2.86. The van der Waals surface area contributed by atoms with Crippen molar-refractivity contribution in [2.45, 2.75) is 64.5 Å². The van der Waals surface area contributed by atoms with E-state index in [0.29, 0.717) is 12.1 Å². The summed E-state index contributed by atoms with van der Waals surface area (Å²) in [5.41, 5.74) is 1.49. The maximum Gasteiger partial charge on any atom is 0.0575 e. The summed E-state index contributed by atoms with van der Waals surface area (Å²) in [7, 11) is 0. The van der Waals surface area contributed by atoms with Crippen molar-refractivity contribution in [1.82, 2.24) is 5.32 Å². The zero-order chi connectivity index (χ0) is 13.5. The van der Waals surface area contributed by atoms with E-state index in [4.69, 9.17) is 4.74 Å². The molecule has 19 heavy (non-hydrogen) atoms. The standard InChI is InChI=1S/C16H27NOS/c1-3-10-17-16(15-9-12-19-13(15)2)8-7-14-6-4-5-11-18-14/h9,12,14,16-17H,3-8,10-11H2,1-2H3. The molecule has 1 aromatic heterocycles. The van der Waals surface area contributed by atoms with Crippen molar-refractivity contribution in [2.75, 3.05) is 13.2 Å². The number of thiophene rings is 1. The normalized spacial score (nSPS) is 21.5. The first-order valence-corrected chi connectivity index (χ1v) is 8.58. The Morgan fingerprint density at radius 3 is 3.00 bits per heavy atom. The molecule has 1 aliphatic heterocycles. The highest BCUT2D eigenvalue weighted by molar-refractivity contribution is 7.10. The van der Waals surface area contributed by atoms with E-state index in [0.717, 1.165) is 13.2 Å². The SMILES string of the molecule is CCCNC(CCC1CCCCO1)c1ccsc1C. The third-order valence-corrected chi connectivity index (χ3v) is 4.83. The number of hydrogen-bond acceptors (Lipinski definition) is 3. The van der Waals surface area contributed by atoms with Gasteiger partial charge in [-0.25, -0.2) is 0 Å². The largest absolute Gasteiger partial charge is 0.378 e. The Hall–Kier alpha value is -0.380. The number of aryl methyl sites for hydroxylation is 1.